The first kappa shape index (κ1) is 23.0. The van der Waals surface area contributed by atoms with E-state index in [0.717, 1.165) is 16.8 Å². The van der Waals surface area contributed by atoms with Gasteiger partial charge in [0.25, 0.3) is 5.91 Å². The Morgan fingerprint density at radius 2 is 1.75 bits per heavy atom. The number of nitrogens with zero attached hydrogens (tertiary/aromatic N) is 3. The maximum atomic E-state index is 13.0. The average molecular weight is 437 g/mol. The molecule has 1 N–H and O–H groups in total. The molecule has 1 unspecified atom stereocenters. The van der Waals surface area contributed by atoms with Crippen LogP contribution in [0, 0.1) is 6.92 Å². The van der Waals surface area contributed by atoms with Gasteiger partial charge in [-0.25, -0.2) is 9.67 Å². The van der Waals surface area contributed by atoms with Crippen molar-refractivity contribution in [1.29, 1.82) is 0 Å². The van der Waals surface area contributed by atoms with E-state index in [-0.39, 0.29) is 18.2 Å². The molecule has 0 aliphatic heterocycles. The van der Waals surface area contributed by atoms with E-state index in [2.05, 4.69) is 29.2 Å². The monoisotopic (exact) mass is 436 g/mol. The minimum Gasteiger partial charge on any atom is -0.497 e. The second-order valence-electron chi connectivity index (χ2n) is 7.69. The third kappa shape index (κ3) is 5.14. The number of carbonyl (C=O) groups excluding carboxylic acids is 2. The lowest BCUT2D eigenvalue weighted by Crippen LogP contribution is -2.31. The number of hydrogen-bond donors (Lipinski definition) is 1. The summed E-state index contributed by atoms with van der Waals surface area (Å²) in [6.45, 7) is 6.01. The fourth-order valence-electron chi connectivity index (χ4n) is 3.44. The minimum absolute atomic E-state index is 0.0234. The van der Waals surface area contributed by atoms with E-state index in [4.69, 9.17) is 9.47 Å². The van der Waals surface area contributed by atoms with Crippen LogP contribution < -0.4 is 10.1 Å². The van der Waals surface area contributed by atoms with Crippen LogP contribution in [0.15, 0.2) is 48.5 Å². The summed E-state index contributed by atoms with van der Waals surface area (Å²) >= 11 is 0. The molecule has 0 saturated heterocycles. The number of amides is 1. The predicted octanol–water partition coefficient (Wildman–Crippen LogP) is 3.74. The molecule has 0 fully saturated rings. The Morgan fingerprint density at radius 1 is 1.06 bits per heavy atom. The van der Waals surface area contributed by atoms with Crippen molar-refractivity contribution in [2.75, 3.05) is 14.2 Å². The van der Waals surface area contributed by atoms with Gasteiger partial charge in [-0.15, -0.1) is 5.10 Å². The molecule has 0 aliphatic rings. The summed E-state index contributed by atoms with van der Waals surface area (Å²) in [6, 6.07) is 14.4. The number of rotatable bonds is 8. The molecule has 0 aliphatic carbocycles. The highest BCUT2D eigenvalue weighted by atomic mass is 16.5. The fraction of sp³-hybridized carbons (Fsp3) is 0.333. The van der Waals surface area contributed by atoms with Crippen LogP contribution in [-0.4, -0.2) is 40.9 Å². The van der Waals surface area contributed by atoms with E-state index < -0.39 is 17.9 Å². The number of esters is 1. The zero-order chi connectivity index (χ0) is 23.3. The van der Waals surface area contributed by atoms with Crippen LogP contribution in [0.1, 0.15) is 59.8 Å². The van der Waals surface area contributed by atoms with E-state index in [1.165, 1.54) is 7.11 Å². The standard InChI is InChI=1S/C24H28N4O4/c1-15(2)19-8-6-7-9-21(19)28-16(3)25-23(27-28)24(30)26-20(14-22(29)32-5)17-10-12-18(31-4)13-11-17/h6-13,15,20H,14H2,1-5H3,(H,26,30). The van der Waals surface area contributed by atoms with Gasteiger partial charge in [-0.1, -0.05) is 44.2 Å². The molecule has 1 heterocycles. The van der Waals surface area contributed by atoms with Crippen molar-refractivity contribution >= 4 is 11.9 Å². The van der Waals surface area contributed by atoms with Gasteiger partial charge in [0.15, 0.2) is 0 Å². The predicted molar refractivity (Wildman–Crippen MR) is 120 cm³/mol. The molecular formula is C24H28N4O4. The van der Waals surface area contributed by atoms with Crippen LogP contribution in [0.5, 0.6) is 5.75 Å². The molecule has 3 aromatic rings. The number of aryl methyl sites for hydroxylation is 1. The van der Waals surface area contributed by atoms with Gasteiger partial charge < -0.3 is 14.8 Å². The number of carbonyl (C=O) groups is 2. The van der Waals surface area contributed by atoms with Gasteiger partial charge in [0.1, 0.15) is 11.6 Å². The quantitative estimate of drug-likeness (QED) is 0.541. The smallest absolute Gasteiger partial charge is 0.307 e. The number of benzene rings is 2. The van der Waals surface area contributed by atoms with Crippen LogP contribution in [0.3, 0.4) is 0 Å². The van der Waals surface area contributed by atoms with Crippen LogP contribution in [0.25, 0.3) is 5.69 Å². The SMILES string of the molecule is COC(=O)CC(NC(=O)c1nc(C)n(-c2ccccc2C(C)C)n1)c1ccc(OC)cc1. The lowest BCUT2D eigenvalue weighted by molar-refractivity contribution is -0.141. The molecule has 32 heavy (non-hydrogen) atoms. The summed E-state index contributed by atoms with van der Waals surface area (Å²) in [5, 5.41) is 7.32. The van der Waals surface area contributed by atoms with Crippen molar-refractivity contribution < 1.29 is 19.1 Å². The molecule has 168 valence electrons. The molecular weight excluding hydrogens is 408 g/mol. The molecule has 1 aromatic heterocycles. The van der Waals surface area contributed by atoms with E-state index in [9.17, 15) is 9.59 Å². The number of para-hydroxylation sites is 1. The topological polar surface area (TPSA) is 95.3 Å². The number of aromatic nitrogens is 3. The van der Waals surface area contributed by atoms with Gasteiger partial charge in [-0.2, -0.15) is 0 Å². The van der Waals surface area contributed by atoms with Crippen molar-refractivity contribution in [3.05, 3.63) is 71.3 Å². The van der Waals surface area contributed by atoms with E-state index >= 15 is 0 Å². The van der Waals surface area contributed by atoms with Crippen LogP contribution in [-0.2, 0) is 9.53 Å². The normalized spacial score (nSPS) is 11.8. The van der Waals surface area contributed by atoms with Gasteiger partial charge in [0.05, 0.1) is 32.4 Å². The number of nitrogens with one attached hydrogen (secondary N) is 1. The van der Waals surface area contributed by atoms with Gasteiger partial charge in [0, 0.05) is 0 Å². The maximum Gasteiger partial charge on any atom is 0.307 e. The number of hydrogen-bond acceptors (Lipinski definition) is 6. The van der Waals surface area contributed by atoms with Crippen LogP contribution in [0.4, 0.5) is 0 Å². The van der Waals surface area contributed by atoms with Crippen molar-refractivity contribution in [2.45, 2.75) is 39.2 Å². The highest BCUT2D eigenvalue weighted by Crippen LogP contribution is 2.24. The lowest BCUT2D eigenvalue weighted by atomic mass is 10.0. The number of ether oxygens (including phenoxy) is 2. The summed E-state index contributed by atoms with van der Waals surface area (Å²) in [7, 11) is 2.89. The molecule has 8 nitrogen and oxygen atoms in total. The Kier molecular flexibility index (Phi) is 7.25. The van der Waals surface area contributed by atoms with E-state index in [1.54, 1.807) is 43.0 Å². The van der Waals surface area contributed by atoms with Crippen LogP contribution in [0.2, 0.25) is 0 Å². The third-order valence-corrected chi connectivity index (χ3v) is 5.18. The molecule has 0 spiro atoms. The Hall–Kier alpha value is -3.68. The zero-order valence-corrected chi connectivity index (χ0v) is 19.0. The Balaban J connectivity index is 1.88. The highest BCUT2D eigenvalue weighted by Gasteiger charge is 2.23. The second-order valence-corrected chi connectivity index (χ2v) is 7.69. The summed E-state index contributed by atoms with van der Waals surface area (Å²) in [5.74, 6) is 0.676. The van der Waals surface area contributed by atoms with Crippen molar-refractivity contribution in [3.63, 3.8) is 0 Å². The summed E-state index contributed by atoms with van der Waals surface area (Å²) in [4.78, 5) is 29.3. The Morgan fingerprint density at radius 3 is 2.38 bits per heavy atom. The molecule has 1 atom stereocenters. The molecule has 0 radical (unpaired) electrons. The number of methoxy groups -OCH3 is 2. The van der Waals surface area contributed by atoms with Gasteiger partial charge in [-0.3, -0.25) is 9.59 Å². The van der Waals surface area contributed by atoms with E-state index in [1.807, 2.05) is 24.3 Å². The fourth-order valence-corrected chi connectivity index (χ4v) is 3.44. The van der Waals surface area contributed by atoms with E-state index in [0.29, 0.717) is 11.6 Å². The zero-order valence-electron chi connectivity index (χ0n) is 19.0. The molecule has 8 heteroatoms. The molecule has 0 saturated carbocycles. The molecule has 2 aromatic carbocycles. The van der Waals surface area contributed by atoms with Crippen molar-refractivity contribution in [2.24, 2.45) is 0 Å². The summed E-state index contributed by atoms with van der Waals surface area (Å²) in [6.07, 6.45) is -0.0234. The molecule has 3 rings (SSSR count). The molecule has 1 amide bonds. The van der Waals surface area contributed by atoms with Gasteiger partial charge >= 0.3 is 5.97 Å². The lowest BCUT2D eigenvalue weighted by Gasteiger charge is -2.17. The first-order valence-electron chi connectivity index (χ1n) is 10.4. The van der Waals surface area contributed by atoms with Gasteiger partial charge in [-0.05, 0) is 42.2 Å². The largest absolute Gasteiger partial charge is 0.497 e. The third-order valence-electron chi connectivity index (χ3n) is 5.18. The minimum atomic E-state index is -0.601. The van der Waals surface area contributed by atoms with Crippen LogP contribution >= 0.6 is 0 Å². The van der Waals surface area contributed by atoms with Crippen molar-refractivity contribution in [3.8, 4) is 11.4 Å². The van der Waals surface area contributed by atoms with Gasteiger partial charge in [0.2, 0.25) is 5.82 Å². The second kappa shape index (κ2) is 10.1. The maximum absolute atomic E-state index is 13.0. The first-order chi connectivity index (χ1) is 15.3. The summed E-state index contributed by atoms with van der Waals surface area (Å²) in [5.41, 5.74) is 2.73. The Bertz CT molecular complexity index is 1090. The Labute approximate surface area is 187 Å². The molecule has 0 bridgehead atoms. The first-order valence-corrected chi connectivity index (χ1v) is 10.4. The highest BCUT2D eigenvalue weighted by molar-refractivity contribution is 5.91. The summed E-state index contributed by atoms with van der Waals surface area (Å²) < 4.78 is 11.7. The average Bonchev–Trinajstić information content (AvgIpc) is 3.20. The van der Waals surface area contributed by atoms with Crippen molar-refractivity contribution in [1.82, 2.24) is 20.1 Å².